The first-order valence-corrected chi connectivity index (χ1v) is 7.12. The van der Waals surface area contributed by atoms with Gasteiger partial charge >= 0.3 is 0 Å². The van der Waals surface area contributed by atoms with Crippen LogP contribution in [0.4, 0.5) is 11.6 Å². The summed E-state index contributed by atoms with van der Waals surface area (Å²) in [5.74, 6) is 0.621. The zero-order chi connectivity index (χ0) is 16.1. The Balaban J connectivity index is 2.13. The summed E-state index contributed by atoms with van der Waals surface area (Å²) in [6, 6.07) is 6.73. The lowest BCUT2D eigenvalue weighted by atomic mass is 10.3. The molecule has 0 spiro atoms. The summed E-state index contributed by atoms with van der Waals surface area (Å²) in [4.78, 5) is 20.5. The molecule has 0 saturated carbocycles. The standard InChI is InChI=1S/C15H17ClN4O2/c1-9(2)18-15-17-7-6-12(20-15)14(21)19-10-4-5-13(22-3)11(16)8-10/h4-9H,1-3H3,(H,19,21)(H,17,18,20). The fourth-order valence-electron chi connectivity index (χ4n) is 1.75. The second-order valence-corrected chi connectivity index (χ2v) is 5.28. The van der Waals surface area contributed by atoms with Crippen LogP contribution in [0.15, 0.2) is 30.5 Å². The van der Waals surface area contributed by atoms with Gasteiger partial charge in [0.2, 0.25) is 5.95 Å². The molecule has 7 heteroatoms. The first-order chi connectivity index (χ1) is 10.5. The number of anilines is 2. The lowest BCUT2D eigenvalue weighted by molar-refractivity contribution is 0.102. The van der Waals surface area contributed by atoms with Gasteiger partial charge < -0.3 is 15.4 Å². The smallest absolute Gasteiger partial charge is 0.274 e. The fraction of sp³-hybridized carbons (Fsp3) is 0.267. The topological polar surface area (TPSA) is 76.1 Å². The molecule has 6 nitrogen and oxygen atoms in total. The molecule has 0 fully saturated rings. The van der Waals surface area contributed by atoms with Gasteiger partial charge in [-0.2, -0.15) is 0 Å². The van der Waals surface area contributed by atoms with E-state index in [1.165, 1.54) is 13.3 Å². The third-order valence-corrected chi connectivity index (χ3v) is 3.01. The molecule has 0 atom stereocenters. The Morgan fingerprint density at radius 1 is 1.32 bits per heavy atom. The van der Waals surface area contributed by atoms with Gasteiger partial charge in [-0.1, -0.05) is 11.6 Å². The number of nitrogens with one attached hydrogen (secondary N) is 2. The number of rotatable bonds is 5. The summed E-state index contributed by atoms with van der Waals surface area (Å²) in [6.45, 7) is 3.94. The fourth-order valence-corrected chi connectivity index (χ4v) is 2.01. The van der Waals surface area contributed by atoms with E-state index in [0.29, 0.717) is 22.4 Å². The zero-order valence-electron chi connectivity index (χ0n) is 12.6. The number of nitrogens with zero attached hydrogens (tertiary/aromatic N) is 2. The number of methoxy groups -OCH3 is 1. The average molecular weight is 321 g/mol. The van der Waals surface area contributed by atoms with Crippen LogP contribution in [0.3, 0.4) is 0 Å². The van der Waals surface area contributed by atoms with Crippen molar-refractivity contribution in [2.75, 3.05) is 17.7 Å². The summed E-state index contributed by atoms with van der Waals surface area (Å²) in [5.41, 5.74) is 0.831. The molecule has 0 aliphatic rings. The quantitative estimate of drug-likeness (QED) is 0.884. The highest BCUT2D eigenvalue weighted by atomic mass is 35.5. The maximum Gasteiger partial charge on any atom is 0.274 e. The Morgan fingerprint density at radius 2 is 2.09 bits per heavy atom. The van der Waals surface area contributed by atoms with E-state index in [2.05, 4.69) is 20.6 Å². The molecule has 1 aromatic carbocycles. The monoisotopic (exact) mass is 320 g/mol. The van der Waals surface area contributed by atoms with Crippen molar-refractivity contribution in [3.63, 3.8) is 0 Å². The molecular formula is C15H17ClN4O2. The van der Waals surface area contributed by atoms with Crippen molar-refractivity contribution in [3.8, 4) is 5.75 Å². The summed E-state index contributed by atoms with van der Waals surface area (Å²) < 4.78 is 5.07. The van der Waals surface area contributed by atoms with Gasteiger partial charge in [0.1, 0.15) is 11.4 Å². The third-order valence-electron chi connectivity index (χ3n) is 2.72. The summed E-state index contributed by atoms with van der Waals surface area (Å²) in [7, 11) is 1.53. The zero-order valence-corrected chi connectivity index (χ0v) is 13.3. The molecule has 1 heterocycles. The predicted octanol–water partition coefficient (Wildman–Crippen LogP) is 3.21. The Hall–Kier alpha value is -2.34. The summed E-state index contributed by atoms with van der Waals surface area (Å²) in [5, 5.41) is 6.20. The van der Waals surface area contributed by atoms with Crippen molar-refractivity contribution in [2.24, 2.45) is 0 Å². The largest absolute Gasteiger partial charge is 0.495 e. The lowest BCUT2D eigenvalue weighted by Gasteiger charge is -2.10. The third kappa shape index (κ3) is 4.08. The van der Waals surface area contributed by atoms with Crippen LogP contribution in [0.1, 0.15) is 24.3 Å². The number of amides is 1. The Bertz CT molecular complexity index is 676. The van der Waals surface area contributed by atoms with E-state index in [1.807, 2.05) is 13.8 Å². The molecule has 0 aliphatic heterocycles. The molecule has 0 radical (unpaired) electrons. The number of carbonyl (C=O) groups is 1. The van der Waals surface area contributed by atoms with Gasteiger partial charge in [0.25, 0.3) is 5.91 Å². The molecule has 2 rings (SSSR count). The van der Waals surface area contributed by atoms with E-state index in [9.17, 15) is 4.79 Å². The van der Waals surface area contributed by atoms with Crippen LogP contribution in [-0.4, -0.2) is 29.0 Å². The normalized spacial score (nSPS) is 10.4. The molecule has 2 aromatic rings. The van der Waals surface area contributed by atoms with Crippen LogP contribution in [0.25, 0.3) is 0 Å². The van der Waals surface area contributed by atoms with Crippen molar-refractivity contribution in [2.45, 2.75) is 19.9 Å². The highest BCUT2D eigenvalue weighted by Gasteiger charge is 2.11. The molecule has 0 bridgehead atoms. The number of benzene rings is 1. The minimum Gasteiger partial charge on any atom is -0.495 e. The van der Waals surface area contributed by atoms with Gasteiger partial charge in [-0.15, -0.1) is 0 Å². The first kappa shape index (κ1) is 16.0. The Labute approximate surface area is 133 Å². The second-order valence-electron chi connectivity index (χ2n) is 4.87. The molecule has 22 heavy (non-hydrogen) atoms. The summed E-state index contributed by atoms with van der Waals surface area (Å²) >= 11 is 6.03. The number of ether oxygens (including phenoxy) is 1. The predicted molar refractivity (Wildman–Crippen MR) is 86.7 cm³/mol. The van der Waals surface area contributed by atoms with Gasteiger partial charge in [-0.3, -0.25) is 4.79 Å². The molecule has 0 unspecified atom stereocenters. The van der Waals surface area contributed by atoms with E-state index in [4.69, 9.17) is 16.3 Å². The number of hydrogen-bond acceptors (Lipinski definition) is 5. The Morgan fingerprint density at radius 3 is 2.73 bits per heavy atom. The maximum atomic E-state index is 12.2. The molecule has 0 saturated heterocycles. The van der Waals surface area contributed by atoms with Gasteiger partial charge in [-0.05, 0) is 38.1 Å². The van der Waals surface area contributed by atoms with E-state index in [0.717, 1.165) is 0 Å². The lowest BCUT2D eigenvalue weighted by Crippen LogP contribution is -2.17. The highest BCUT2D eigenvalue weighted by Crippen LogP contribution is 2.27. The van der Waals surface area contributed by atoms with Crippen LogP contribution in [0.2, 0.25) is 5.02 Å². The molecule has 2 N–H and O–H groups in total. The molecule has 1 aromatic heterocycles. The van der Waals surface area contributed by atoms with Gasteiger partial charge in [0, 0.05) is 17.9 Å². The van der Waals surface area contributed by atoms with Crippen molar-refractivity contribution in [3.05, 3.63) is 41.2 Å². The number of carbonyl (C=O) groups excluding carboxylic acids is 1. The van der Waals surface area contributed by atoms with Crippen molar-refractivity contribution in [1.82, 2.24) is 9.97 Å². The van der Waals surface area contributed by atoms with Gasteiger partial charge in [0.15, 0.2) is 0 Å². The summed E-state index contributed by atoms with van der Waals surface area (Å²) in [6.07, 6.45) is 1.54. The van der Waals surface area contributed by atoms with E-state index >= 15 is 0 Å². The van der Waals surface area contributed by atoms with Crippen LogP contribution >= 0.6 is 11.6 Å². The highest BCUT2D eigenvalue weighted by molar-refractivity contribution is 6.32. The Kier molecular flexibility index (Phi) is 5.16. The van der Waals surface area contributed by atoms with E-state index in [-0.39, 0.29) is 17.6 Å². The first-order valence-electron chi connectivity index (χ1n) is 6.74. The second kappa shape index (κ2) is 7.09. The SMILES string of the molecule is COc1ccc(NC(=O)c2ccnc(NC(C)C)n2)cc1Cl. The molecular weight excluding hydrogens is 304 g/mol. The molecule has 116 valence electrons. The molecule has 1 amide bonds. The minimum absolute atomic E-state index is 0.179. The van der Waals surface area contributed by atoms with Gasteiger partial charge in [-0.25, -0.2) is 9.97 Å². The van der Waals surface area contributed by atoms with Crippen molar-refractivity contribution < 1.29 is 9.53 Å². The minimum atomic E-state index is -0.338. The van der Waals surface area contributed by atoms with Crippen molar-refractivity contribution in [1.29, 1.82) is 0 Å². The van der Waals surface area contributed by atoms with Crippen LogP contribution in [0, 0.1) is 0 Å². The number of halogens is 1. The molecule has 0 aliphatic carbocycles. The maximum absolute atomic E-state index is 12.2. The van der Waals surface area contributed by atoms with Crippen molar-refractivity contribution >= 4 is 29.1 Å². The van der Waals surface area contributed by atoms with Crippen LogP contribution in [0.5, 0.6) is 5.75 Å². The number of hydrogen-bond donors (Lipinski definition) is 2. The van der Waals surface area contributed by atoms with Crippen LogP contribution in [-0.2, 0) is 0 Å². The average Bonchev–Trinajstić information content (AvgIpc) is 2.47. The van der Waals surface area contributed by atoms with E-state index in [1.54, 1.807) is 24.3 Å². The number of aromatic nitrogens is 2. The van der Waals surface area contributed by atoms with Gasteiger partial charge in [0.05, 0.1) is 12.1 Å². The van der Waals surface area contributed by atoms with E-state index < -0.39 is 0 Å². The van der Waals surface area contributed by atoms with Crippen LogP contribution < -0.4 is 15.4 Å².